The molecule has 0 heterocycles. The molecule has 0 unspecified atom stereocenters. The fourth-order valence-electron chi connectivity index (χ4n) is 2.62. The number of rotatable bonds is 17. The molecule has 0 radical (unpaired) electrons. The van der Waals surface area contributed by atoms with Gasteiger partial charge in [0.25, 0.3) is 0 Å². The summed E-state index contributed by atoms with van der Waals surface area (Å²) in [6.45, 7) is 10.7. The lowest BCUT2D eigenvalue weighted by Gasteiger charge is -2.23. The van der Waals surface area contributed by atoms with Crippen LogP contribution in [0.25, 0.3) is 0 Å². The average molecular weight is 331 g/mol. The van der Waals surface area contributed by atoms with Crippen LogP contribution in [-0.4, -0.2) is 21.8 Å². The van der Waals surface area contributed by atoms with E-state index in [9.17, 15) is 0 Å². The molecule has 0 fully saturated rings. The first-order valence-corrected chi connectivity index (χ1v) is 12.7. The molecule has 2 nitrogen and oxygen atoms in total. The molecular weight excluding hydrogens is 288 g/mol. The van der Waals surface area contributed by atoms with Crippen molar-refractivity contribution in [3.05, 3.63) is 0 Å². The second-order valence-electron chi connectivity index (χ2n) is 6.99. The average Bonchev–Trinajstić information content (AvgIpc) is 2.49. The fraction of sp³-hybridized carbons (Fsp3) is 1.00. The molecule has 134 valence electrons. The number of hydrogen-bond acceptors (Lipinski definition) is 2. The summed E-state index contributed by atoms with van der Waals surface area (Å²) in [4.78, 5) is 0. The molecule has 0 saturated carbocycles. The molecule has 0 aliphatic heterocycles. The van der Waals surface area contributed by atoms with Gasteiger partial charge in [0.2, 0.25) is 0 Å². The van der Waals surface area contributed by atoms with Crippen LogP contribution in [0.5, 0.6) is 0 Å². The second-order valence-corrected chi connectivity index (χ2v) is 10.4. The van der Waals surface area contributed by atoms with Crippen LogP contribution in [-0.2, 0) is 8.85 Å². The van der Waals surface area contributed by atoms with Crippen LogP contribution in [0.2, 0.25) is 13.1 Å². The monoisotopic (exact) mass is 330 g/mol. The smallest absolute Gasteiger partial charge is 0.331 e. The molecule has 0 aromatic rings. The van der Waals surface area contributed by atoms with Crippen LogP contribution in [0.1, 0.15) is 97.3 Å². The van der Waals surface area contributed by atoms with Crippen molar-refractivity contribution < 1.29 is 8.85 Å². The van der Waals surface area contributed by atoms with E-state index in [4.69, 9.17) is 8.85 Å². The van der Waals surface area contributed by atoms with E-state index >= 15 is 0 Å². The first-order chi connectivity index (χ1) is 10.6. The molecule has 0 N–H and O–H groups in total. The summed E-state index contributed by atoms with van der Waals surface area (Å²) < 4.78 is 12.0. The molecular formula is C19H42O2Si. The summed E-state index contributed by atoms with van der Waals surface area (Å²) in [7, 11) is -1.86. The van der Waals surface area contributed by atoms with Crippen LogP contribution in [0.3, 0.4) is 0 Å². The van der Waals surface area contributed by atoms with Crippen LogP contribution < -0.4 is 0 Å². The normalized spacial score (nSPS) is 12.0. The van der Waals surface area contributed by atoms with E-state index in [0.717, 1.165) is 13.2 Å². The van der Waals surface area contributed by atoms with Crippen LogP contribution in [0.15, 0.2) is 0 Å². The SMILES string of the molecule is CCCCCCCCCO[Si](C)(C)OCCCCCCCC. The molecule has 0 rings (SSSR count). The van der Waals surface area contributed by atoms with Crippen molar-refractivity contribution in [2.24, 2.45) is 0 Å². The van der Waals surface area contributed by atoms with Crippen molar-refractivity contribution in [3.8, 4) is 0 Å². The Bertz CT molecular complexity index is 219. The Labute approximate surface area is 141 Å². The summed E-state index contributed by atoms with van der Waals surface area (Å²) in [6.07, 6.45) is 17.3. The van der Waals surface area contributed by atoms with E-state index in [1.54, 1.807) is 0 Å². The zero-order valence-electron chi connectivity index (χ0n) is 15.9. The van der Waals surface area contributed by atoms with Gasteiger partial charge < -0.3 is 8.85 Å². The highest BCUT2D eigenvalue weighted by molar-refractivity contribution is 6.64. The van der Waals surface area contributed by atoms with Crippen molar-refractivity contribution in [3.63, 3.8) is 0 Å². The van der Waals surface area contributed by atoms with Crippen LogP contribution >= 0.6 is 0 Å². The van der Waals surface area contributed by atoms with Gasteiger partial charge in [-0.3, -0.25) is 0 Å². The highest BCUT2D eigenvalue weighted by Crippen LogP contribution is 2.12. The van der Waals surface area contributed by atoms with E-state index < -0.39 is 8.56 Å². The third kappa shape index (κ3) is 16.5. The van der Waals surface area contributed by atoms with Gasteiger partial charge in [0.15, 0.2) is 0 Å². The molecule has 0 bridgehead atoms. The first kappa shape index (κ1) is 22.1. The van der Waals surface area contributed by atoms with Gasteiger partial charge in [-0.25, -0.2) is 0 Å². The van der Waals surface area contributed by atoms with Crippen molar-refractivity contribution in [2.75, 3.05) is 13.2 Å². The molecule has 22 heavy (non-hydrogen) atoms. The molecule has 0 amide bonds. The number of hydrogen-bond donors (Lipinski definition) is 0. The van der Waals surface area contributed by atoms with Crippen molar-refractivity contribution >= 4 is 8.56 Å². The summed E-state index contributed by atoms with van der Waals surface area (Å²) in [5.41, 5.74) is 0. The van der Waals surface area contributed by atoms with Gasteiger partial charge in [-0.05, 0) is 25.9 Å². The maximum atomic E-state index is 6.02. The van der Waals surface area contributed by atoms with E-state index in [1.165, 1.54) is 83.5 Å². The summed E-state index contributed by atoms with van der Waals surface area (Å²) in [6, 6.07) is 0. The first-order valence-electron chi connectivity index (χ1n) is 9.90. The minimum atomic E-state index is -1.86. The fourth-order valence-corrected chi connectivity index (χ4v) is 3.97. The second kappa shape index (κ2) is 16.0. The van der Waals surface area contributed by atoms with E-state index in [-0.39, 0.29) is 0 Å². The molecule has 0 aromatic heterocycles. The van der Waals surface area contributed by atoms with Crippen LogP contribution in [0.4, 0.5) is 0 Å². The lowest BCUT2D eigenvalue weighted by molar-refractivity contribution is 0.172. The predicted octanol–water partition coefficient (Wildman–Crippen LogP) is 6.83. The standard InChI is InChI=1S/C19H42O2Si/c1-5-7-9-11-13-15-17-19-21-22(3,4)20-18-16-14-12-10-8-6-2/h5-19H2,1-4H3. The molecule has 0 aliphatic rings. The Hall–Kier alpha value is 0.137. The Morgan fingerprint density at radius 1 is 0.500 bits per heavy atom. The van der Waals surface area contributed by atoms with Crippen LogP contribution in [0, 0.1) is 0 Å². The predicted molar refractivity (Wildman–Crippen MR) is 101 cm³/mol. The quantitative estimate of drug-likeness (QED) is 0.215. The van der Waals surface area contributed by atoms with Gasteiger partial charge in [-0.2, -0.15) is 0 Å². The van der Waals surface area contributed by atoms with Crippen molar-refractivity contribution in [1.82, 2.24) is 0 Å². The van der Waals surface area contributed by atoms with Gasteiger partial charge >= 0.3 is 8.56 Å². The van der Waals surface area contributed by atoms with Gasteiger partial charge in [-0.15, -0.1) is 0 Å². The molecule has 0 spiro atoms. The Morgan fingerprint density at radius 3 is 1.18 bits per heavy atom. The Balaban J connectivity index is 3.34. The van der Waals surface area contributed by atoms with E-state index in [2.05, 4.69) is 26.9 Å². The largest absolute Gasteiger partial charge is 0.395 e. The zero-order valence-corrected chi connectivity index (χ0v) is 16.9. The molecule has 0 atom stereocenters. The lowest BCUT2D eigenvalue weighted by Crippen LogP contribution is -2.35. The van der Waals surface area contributed by atoms with E-state index in [1.807, 2.05) is 0 Å². The van der Waals surface area contributed by atoms with Gasteiger partial charge in [-0.1, -0.05) is 84.5 Å². The molecule has 0 aliphatic carbocycles. The van der Waals surface area contributed by atoms with Gasteiger partial charge in [0.1, 0.15) is 0 Å². The summed E-state index contributed by atoms with van der Waals surface area (Å²) in [5, 5.41) is 0. The van der Waals surface area contributed by atoms with Gasteiger partial charge in [0.05, 0.1) is 0 Å². The summed E-state index contributed by atoms with van der Waals surface area (Å²) >= 11 is 0. The molecule has 3 heteroatoms. The molecule has 0 aromatic carbocycles. The van der Waals surface area contributed by atoms with Gasteiger partial charge in [0, 0.05) is 13.2 Å². The third-order valence-electron chi connectivity index (χ3n) is 4.15. The summed E-state index contributed by atoms with van der Waals surface area (Å²) in [5.74, 6) is 0. The topological polar surface area (TPSA) is 18.5 Å². The third-order valence-corrected chi connectivity index (χ3v) is 5.94. The maximum Gasteiger partial charge on any atom is 0.331 e. The minimum Gasteiger partial charge on any atom is -0.395 e. The zero-order chi connectivity index (χ0) is 16.5. The maximum absolute atomic E-state index is 6.02. The van der Waals surface area contributed by atoms with Crippen molar-refractivity contribution in [2.45, 2.75) is 110 Å². The Kier molecular flexibility index (Phi) is 16.1. The number of unbranched alkanes of at least 4 members (excludes halogenated alkanes) is 11. The minimum absolute atomic E-state index is 0.891. The van der Waals surface area contributed by atoms with Crippen molar-refractivity contribution in [1.29, 1.82) is 0 Å². The molecule has 0 saturated heterocycles. The van der Waals surface area contributed by atoms with E-state index in [0.29, 0.717) is 0 Å². The highest BCUT2D eigenvalue weighted by Gasteiger charge is 2.23. The lowest BCUT2D eigenvalue weighted by atomic mass is 10.1. The highest BCUT2D eigenvalue weighted by atomic mass is 28.4. The Morgan fingerprint density at radius 2 is 0.818 bits per heavy atom.